The number of piperidine rings is 1. The molecular formula is C14H15FN4OS. The Morgan fingerprint density at radius 1 is 1.38 bits per heavy atom. The van der Waals surface area contributed by atoms with E-state index in [2.05, 4.69) is 9.88 Å². The summed E-state index contributed by atoms with van der Waals surface area (Å²) >= 11 is 0.0141. The van der Waals surface area contributed by atoms with Crippen LogP contribution in [0.1, 0.15) is 30.5 Å². The molecule has 3 heterocycles. The van der Waals surface area contributed by atoms with Crippen LogP contribution in [0.2, 0.25) is 0 Å². The zero-order valence-electron chi connectivity index (χ0n) is 11.4. The van der Waals surface area contributed by atoms with Crippen LogP contribution in [0.25, 0.3) is 10.9 Å². The van der Waals surface area contributed by atoms with E-state index in [0.29, 0.717) is 23.2 Å². The van der Waals surface area contributed by atoms with Crippen molar-refractivity contribution in [3.05, 3.63) is 33.9 Å². The van der Waals surface area contributed by atoms with Gasteiger partial charge in [0.1, 0.15) is 11.6 Å². The van der Waals surface area contributed by atoms with Gasteiger partial charge in [-0.3, -0.25) is 13.7 Å². The van der Waals surface area contributed by atoms with Gasteiger partial charge in [-0.15, -0.1) is 3.89 Å². The summed E-state index contributed by atoms with van der Waals surface area (Å²) in [6.07, 6.45) is 4.90. The molecule has 1 aliphatic rings. The second-order valence-corrected chi connectivity index (χ2v) is 5.74. The van der Waals surface area contributed by atoms with Crippen LogP contribution in [0.15, 0.2) is 17.1 Å². The highest BCUT2D eigenvalue weighted by atomic mass is 32.2. The van der Waals surface area contributed by atoms with E-state index < -0.39 is 0 Å². The normalized spacial score (nSPS) is 16.2. The number of pyridine rings is 1. The number of fused-ring (bicyclic) bond motifs is 1. The zero-order valence-corrected chi connectivity index (χ0v) is 12.2. The van der Waals surface area contributed by atoms with Crippen molar-refractivity contribution >= 4 is 23.2 Å². The van der Waals surface area contributed by atoms with Crippen molar-refractivity contribution in [3.8, 4) is 6.07 Å². The highest BCUT2D eigenvalue weighted by Gasteiger charge is 2.19. The van der Waals surface area contributed by atoms with Crippen molar-refractivity contribution in [1.82, 2.24) is 13.9 Å². The van der Waals surface area contributed by atoms with Gasteiger partial charge in [0, 0.05) is 23.8 Å². The molecule has 2 aromatic heterocycles. The number of halogens is 1. The molecule has 1 saturated heterocycles. The molecule has 1 aliphatic heterocycles. The lowest BCUT2D eigenvalue weighted by Crippen LogP contribution is -2.29. The van der Waals surface area contributed by atoms with Gasteiger partial charge in [-0.05, 0) is 32.0 Å². The minimum absolute atomic E-state index is 0.0141. The van der Waals surface area contributed by atoms with Crippen LogP contribution >= 0.6 is 12.3 Å². The molecule has 1 fully saturated rings. The van der Waals surface area contributed by atoms with Crippen molar-refractivity contribution in [2.24, 2.45) is 0 Å². The summed E-state index contributed by atoms with van der Waals surface area (Å²) in [6.45, 7) is 2.57. The quantitative estimate of drug-likeness (QED) is 0.946. The van der Waals surface area contributed by atoms with Crippen LogP contribution < -0.4 is 5.56 Å². The number of nitrogens with one attached hydrogen (secondary N) is 1. The van der Waals surface area contributed by atoms with Crippen LogP contribution in [0.3, 0.4) is 0 Å². The van der Waals surface area contributed by atoms with E-state index in [-0.39, 0.29) is 23.4 Å². The summed E-state index contributed by atoms with van der Waals surface area (Å²) in [4.78, 5) is 16.7. The van der Waals surface area contributed by atoms with Crippen molar-refractivity contribution < 1.29 is 3.89 Å². The molecule has 21 heavy (non-hydrogen) atoms. The molecule has 0 bridgehead atoms. The van der Waals surface area contributed by atoms with Gasteiger partial charge in [-0.1, -0.05) is 6.42 Å². The maximum atomic E-state index is 13.3. The lowest BCUT2D eigenvalue weighted by Gasteiger charge is -2.26. The molecule has 2 aromatic rings. The molecule has 5 nitrogen and oxygen atoms in total. The molecule has 0 saturated carbocycles. The molecule has 0 amide bonds. The fourth-order valence-corrected chi connectivity index (χ4v) is 3.33. The third kappa shape index (κ3) is 2.57. The molecule has 3 rings (SSSR count). The standard InChI is InChI=1S/C14H15FN4OS/c15-21-19-11(9-18-4-2-1-3-5-18)6-12-10(7-16)8-17-14(20)13(12)19/h6,8H,1-5,9H2,(H,17,20). The van der Waals surface area contributed by atoms with Gasteiger partial charge < -0.3 is 4.98 Å². The molecular weight excluding hydrogens is 291 g/mol. The van der Waals surface area contributed by atoms with Crippen molar-refractivity contribution in [2.75, 3.05) is 13.1 Å². The van der Waals surface area contributed by atoms with E-state index in [1.807, 2.05) is 6.07 Å². The van der Waals surface area contributed by atoms with E-state index in [4.69, 9.17) is 5.26 Å². The molecule has 7 heteroatoms. The van der Waals surface area contributed by atoms with Gasteiger partial charge in [0.2, 0.25) is 0 Å². The van der Waals surface area contributed by atoms with Crippen LogP contribution in [-0.4, -0.2) is 26.9 Å². The van der Waals surface area contributed by atoms with Crippen LogP contribution in [-0.2, 0) is 6.54 Å². The van der Waals surface area contributed by atoms with Gasteiger partial charge in [0.15, 0.2) is 12.3 Å². The summed E-state index contributed by atoms with van der Waals surface area (Å²) in [5, 5.41) is 9.64. The first-order valence-corrected chi connectivity index (χ1v) is 7.59. The lowest BCUT2D eigenvalue weighted by molar-refractivity contribution is 0.218. The van der Waals surface area contributed by atoms with E-state index in [9.17, 15) is 8.68 Å². The van der Waals surface area contributed by atoms with E-state index in [0.717, 1.165) is 25.9 Å². The zero-order chi connectivity index (χ0) is 14.8. The summed E-state index contributed by atoms with van der Waals surface area (Å²) in [6, 6.07) is 3.79. The lowest BCUT2D eigenvalue weighted by atomic mass is 10.1. The van der Waals surface area contributed by atoms with Crippen LogP contribution in [0.4, 0.5) is 3.89 Å². The number of likely N-dealkylation sites (tertiary alicyclic amines) is 1. The molecule has 0 unspecified atom stereocenters. The third-order valence-corrected chi connectivity index (χ3v) is 4.46. The molecule has 0 radical (unpaired) electrons. The second-order valence-electron chi connectivity index (χ2n) is 5.24. The predicted molar refractivity (Wildman–Crippen MR) is 80.5 cm³/mol. The largest absolute Gasteiger partial charge is 0.326 e. The Morgan fingerprint density at radius 3 is 2.81 bits per heavy atom. The predicted octanol–water partition coefficient (Wildman–Crippen LogP) is 2.57. The summed E-state index contributed by atoms with van der Waals surface area (Å²) in [5.74, 6) is 0. The Hall–Kier alpha value is -1.78. The van der Waals surface area contributed by atoms with E-state index in [1.165, 1.54) is 16.6 Å². The molecule has 110 valence electrons. The average Bonchev–Trinajstić information content (AvgIpc) is 2.88. The highest BCUT2D eigenvalue weighted by Crippen LogP contribution is 2.26. The first kappa shape index (κ1) is 14.2. The summed E-state index contributed by atoms with van der Waals surface area (Å²) in [5.41, 5.74) is 0.914. The number of H-pyrrole nitrogens is 1. The fraction of sp³-hybridized carbons (Fsp3) is 0.429. The number of nitriles is 1. The molecule has 0 spiro atoms. The topological polar surface area (TPSA) is 64.8 Å². The maximum Gasteiger partial charge on any atom is 0.273 e. The Labute approximate surface area is 125 Å². The maximum absolute atomic E-state index is 13.3. The first-order valence-electron chi connectivity index (χ1n) is 6.92. The van der Waals surface area contributed by atoms with Crippen molar-refractivity contribution in [2.45, 2.75) is 25.8 Å². The Kier molecular flexibility index (Phi) is 3.99. The summed E-state index contributed by atoms with van der Waals surface area (Å²) in [7, 11) is 0. The van der Waals surface area contributed by atoms with Crippen LogP contribution in [0.5, 0.6) is 0 Å². The summed E-state index contributed by atoms with van der Waals surface area (Å²) < 4.78 is 14.6. The SMILES string of the molecule is N#Cc1c[nH]c(=O)c2c1cc(CN1CCCCC1)n2SF. The number of nitrogens with zero attached hydrogens (tertiary/aromatic N) is 3. The van der Waals surface area contributed by atoms with Gasteiger partial charge in [-0.2, -0.15) is 5.26 Å². The number of hydrogen-bond acceptors (Lipinski definition) is 4. The monoisotopic (exact) mass is 306 g/mol. The molecule has 0 aliphatic carbocycles. The number of rotatable bonds is 3. The first-order chi connectivity index (χ1) is 10.2. The Bertz CT molecular complexity index is 755. The second kappa shape index (κ2) is 5.92. The molecule has 0 aromatic carbocycles. The molecule has 1 N–H and O–H groups in total. The number of aromatic nitrogens is 2. The fourth-order valence-electron chi connectivity index (χ4n) is 2.88. The third-order valence-electron chi connectivity index (χ3n) is 3.91. The number of aromatic amines is 1. The van der Waals surface area contributed by atoms with E-state index in [1.54, 1.807) is 6.07 Å². The van der Waals surface area contributed by atoms with Gasteiger partial charge in [0.05, 0.1) is 5.56 Å². The molecule has 0 atom stereocenters. The Balaban J connectivity index is 2.08. The van der Waals surface area contributed by atoms with Crippen molar-refractivity contribution in [1.29, 1.82) is 5.26 Å². The van der Waals surface area contributed by atoms with Gasteiger partial charge in [0.25, 0.3) is 5.56 Å². The minimum atomic E-state index is -0.376. The average molecular weight is 306 g/mol. The number of hydrogen-bond donors (Lipinski definition) is 1. The van der Waals surface area contributed by atoms with Crippen molar-refractivity contribution in [3.63, 3.8) is 0 Å². The van der Waals surface area contributed by atoms with Crippen LogP contribution in [0, 0.1) is 11.3 Å². The minimum Gasteiger partial charge on any atom is -0.326 e. The van der Waals surface area contributed by atoms with Gasteiger partial charge >= 0.3 is 0 Å². The highest BCUT2D eigenvalue weighted by molar-refractivity contribution is 7.93. The Morgan fingerprint density at radius 2 is 2.14 bits per heavy atom. The van der Waals surface area contributed by atoms with E-state index >= 15 is 0 Å². The van der Waals surface area contributed by atoms with Gasteiger partial charge in [-0.25, -0.2) is 0 Å². The smallest absolute Gasteiger partial charge is 0.273 e.